The van der Waals surface area contributed by atoms with Crippen LogP contribution >= 0.6 is 68.9 Å². The Morgan fingerprint density at radius 2 is 0.625 bits per heavy atom. The van der Waals surface area contributed by atoms with E-state index in [1.54, 1.807) is 0 Å². The zero-order valence-electron chi connectivity index (χ0n) is 3.08. The maximum absolute atomic E-state index is 5.47. The molecule has 0 aromatic rings. The molecular weight excluding hydrogens is 432 g/mol. The molecule has 0 rings (SSSR count). The van der Waals surface area contributed by atoms with E-state index in [0.717, 1.165) is 0 Å². The van der Waals surface area contributed by atoms with Crippen LogP contribution in [-0.4, -0.2) is 0 Å². The molecule has 8 heavy (non-hydrogen) atoms. The topological polar surface area (TPSA) is 0 Å². The van der Waals surface area contributed by atoms with Crippen molar-refractivity contribution in [3.63, 3.8) is 0 Å². The predicted octanol–water partition coefficient (Wildman–Crippen LogP) is 4.56. The van der Waals surface area contributed by atoms with E-state index < -0.39 is 7.31 Å². The number of halogens is 7. The SMILES string of the molecule is Cl.[Cl][W]([Cl])([Cl])([Cl])([Cl])[Cl]. The summed E-state index contributed by atoms with van der Waals surface area (Å²) in [6, 6.07) is 0. The van der Waals surface area contributed by atoms with Gasteiger partial charge in [0.15, 0.2) is 0 Å². The Hall–Kier alpha value is 2.72. The number of rotatable bonds is 0. The van der Waals surface area contributed by atoms with Crippen LogP contribution < -0.4 is 0 Å². The average molecular weight is 433 g/mol. The second-order valence-corrected chi connectivity index (χ2v) is 64.4. The summed E-state index contributed by atoms with van der Waals surface area (Å²) in [6.45, 7) is 0. The van der Waals surface area contributed by atoms with Gasteiger partial charge in [0.1, 0.15) is 0 Å². The van der Waals surface area contributed by atoms with Crippen molar-refractivity contribution in [3.05, 3.63) is 0 Å². The number of hydrogen-bond donors (Lipinski definition) is 0. The Kier molecular flexibility index (Phi) is 3.92. The van der Waals surface area contributed by atoms with Crippen molar-refractivity contribution in [2.45, 2.75) is 0 Å². The van der Waals surface area contributed by atoms with E-state index >= 15 is 0 Å². The van der Waals surface area contributed by atoms with Crippen molar-refractivity contribution in [1.82, 2.24) is 0 Å². The molecule has 0 aromatic carbocycles. The van der Waals surface area contributed by atoms with Gasteiger partial charge in [-0.2, -0.15) is 0 Å². The van der Waals surface area contributed by atoms with Gasteiger partial charge >= 0.3 is 63.8 Å². The Morgan fingerprint density at radius 3 is 0.625 bits per heavy atom. The van der Waals surface area contributed by atoms with Crippen LogP contribution in [0.2, 0.25) is 0 Å². The fourth-order valence-corrected chi connectivity index (χ4v) is 0. The first-order valence-corrected chi connectivity index (χ1v) is 22.7. The van der Waals surface area contributed by atoms with Gasteiger partial charge in [0.25, 0.3) is 0 Å². The minimum atomic E-state index is -5.47. The van der Waals surface area contributed by atoms with E-state index in [2.05, 4.69) is 0 Å². The molecule has 56 valence electrons. The third kappa shape index (κ3) is 70.3. The third-order valence-corrected chi connectivity index (χ3v) is 0. The summed E-state index contributed by atoms with van der Waals surface area (Å²) < 4.78 is 0. The molecule has 0 radical (unpaired) electrons. The molecule has 0 N–H and O–H groups in total. The molecule has 0 amide bonds. The zero-order chi connectivity index (χ0) is 6.41. The summed E-state index contributed by atoms with van der Waals surface area (Å²) >= 11 is 0. The first-order chi connectivity index (χ1) is 2.45. The van der Waals surface area contributed by atoms with E-state index in [1.165, 1.54) is 0 Å². The second kappa shape index (κ2) is 2.35. The van der Waals surface area contributed by atoms with Crippen LogP contribution in [0.4, 0.5) is 0 Å². The van der Waals surface area contributed by atoms with E-state index in [0.29, 0.717) is 0 Å². The molecule has 0 heterocycles. The van der Waals surface area contributed by atoms with Gasteiger partial charge < -0.3 is 0 Å². The molecule has 0 atom stereocenters. The van der Waals surface area contributed by atoms with Gasteiger partial charge in [-0.05, 0) is 0 Å². The van der Waals surface area contributed by atoms with Gasteiger partial charge in [0.05, 0.1) is 0 Å². The Balaban J connectivity index is 0. The van der Waals surface area contributed by atoms with Crippen LogP contribution in [0.5, 0.6) is 0 Å². The Morgan fingerprint density at radius 1 is 0.625 bits per heavy atom. The van der Waals surface area contributed by atoms with Crippen molar-refractivity contribution >= 4 is 68.9 Å². The van der Waals surface area contributed by atoms with Gasteiger partial charge in [-0.3, -0.25) is 0 Å². The fraction of sp³-hybridized carbons (Fsp3) is 0. The van der Waals surface area contributed by atoms with Gasteiger partial charge in [-0.15, -0.1) is 12.4 Å². The maximum atomic E-state index is 5.07. The van der Waals surface area contributed by atoms with Crippen LogP contribution in [0.3, 0.4) is 0 Å². The Bertz CT molecular complexity index is 63.0. The molecule has 0 aromatic heterocycles. The summed E-state index contributed by atoms with van der Waals surface area (Å²) in [5.41, 5.74) is 0. The summed E-state index contributed by atoms with van der Waals surface area (Å²) in [5, 5.41) is 0. The Labute approximate surface area is 75.1 Å². The summed E-state index contributed by atoms with van der Waals surface area (Å²) in [4.78, 5) is 0. The molecule has 0 spiro atoms. The van der Waals surface area contributed by atoms with E-state index in [-0.39, 0.29) is 12.4 Å². The molecule has 0 aliphatic carbocycles. The fourth-order valence-electron chi connectivity index (χ4n) is 0. The van der Waals surface area contributed by atoms with E-state index in [9.17, 15) is 0 Å². The van der Waals surface area contributed by atoms with Crippen molar-refractivity contribution in [2.24, 2.45) is 0 Å². The molecule has 0 saturated carbocycles. The number of hydrogen-bond acceptors (Lipinski definition) is 0. The van der Waals surface area contributed by atoms with Gasteiger partial charge in [-0.1, -0.05) is 0 Å². The molecule has 0 aliphatic rings. The van der Waals surface area contributed by atoms with Crippen LogP contribution in [0.1, 0.15) is 0 Å². The van der Waals surface area contributed by atoms with Gasteiger partial charge in [-0.25, -0.2) is 0 Å². The molecule has 0 unspecified atom stereocenters. The molecule has 0 nitrogen and oxygen atoms in total. The first-order valence-electron chi connectivity index (χ1n) is 0.926. The van der Waals surface area contributed by atoms with Crippen LogP contribution in [0.25, 0.3) is 0 Å². The molecule has 0 bridgehead atoms. The normalized spacial score (nSPS) is 20.2. The predicted molar refractivity (Wildman–Crippen MR) is 42.4 cm³/mol. The van der Waals surface area contributed by atoms with E-state index in [4.69, 9.17) is 56.5 Å². The molecular formula is HCl7W. The van der Waals surface area contributed by atoms with Crippen molar-refractivity contribution < 1.29 is 7.31 Å². The quantitative estimate of drug-likeness (QED) is 0.526. The van der Waals surface area contributed by atoms with Crippen LogP contribution in [0.15, 0.2) is 0 Å². The van der Waals surface area contributed by atoms with Crippen molar-refractivity contribution in [2.75, 3.05) is 0 Å². The zero-order valence-corrected chi connectivity index (χ0v) is 11.4. The van der Waals surface area contributed by atoms with Crippen molar-refractivity contribution in [1.29, 1.82) is 0 Å². The molecule has 0 saturated heterocycles. The minimum absolute atomic E-state index is 0. The summed E-state index contributed by atoms with van der Waals surface area (Å²) in [6.07, 6.45) is 0. The second-order valence-electron chi connectivity index (χ2n) is 0.875. The molecule has 8 heteroatoms. The molecule has 0 fully saturated rings. The third-order valence-electron chi connectivity index (χ3n) is 0. The van der Waals surface area contributed by atoms with Crippen molar-refractivity contribution in [3.8, 4) is 0 Å². The monoisotopic (exact) mass is 430 g/mol. The summed E-state index contributed by atoms with van der Waals surface area (Å²) in [5.74, 6) is 0. The van der Waals surface area contributed by atoms with Crippen LogP contribution in [-0.2, 0) is 7.31 Å². The van der Waals surface area contributed by atoms with Crippen LogP contribution in [0, 0.1) is 0 Å². The summed E-state index contributed by atoms with van der Waals surface area (Å²) in [7, 11) is 24.9. The standard InChI is InChI=1S/7ClH.W/h7*1H;/q;;;;;;;+6/p-6. The van der Waals surface area contributed by atoms with E-state index in [1.807, 2.05) is 0 Å². The first kappa shape index (κ1) is 13.3. The van der Waals surface area contributed by atoms with Gasteiger partial charge in [0, 0.05) is 0 Å². The molecule has 0 aliphatic heterocycles. The average Bonchev–Trinajstić information content (AvgIpc) is 0.592. The van der Waals surface area contributed by atoms with Gasteiger partial charge in [0.2, 0.25) is 0 Å².